The van der Waals surface area contributed by atoms with E-state index in [4.69, 9.17) is 4.84 Å². The summed E-state index contributed by atoms with van der Waals surface area (Å²) in [5, 5.41) is 7.03. The number of likely N-dealkylation sites (tertiary alicyclic amines) is 1. The van der Waals surface area contributed by atoms with E-state index >= 15 is 0 Å². The van der Waals surface area contributed by atoms with Crippen molar-refractivity contribution >= 4 is 17.5 Å². The van der Waals surface area contributed by atoms with Gasteiger partial charge in [0.1, 0.15) is 0 Å². The second-order valence-electron chi connectivity index (χ2n) is 6.97. The number of hydrogen-bond acceptors (Lipinski definition) is 4. The van der Waals surface area contributed by atoms with E-state index < -0.39 is 6.10 Å². The van der Waals surface area contributed by atoms with Gasteiger partial charge in [-0.2, -0.15) is 0 Å². The Morgan fingerprint density at radius 2 is 1.88 bits per heavy atom. The van der Waals surface area contributed by atoms with Gasteiger partial charge in [-0.15, -0.1) is 0 Å². The first-order chi connectivity index (χ1) is 12.0. The molecule has 1 unspecified atom stereocenters. The number of hydrogen-bond donors (Lipinski definition) is 1. The zero-order chi connectivity index (χ0) is 17.8. The molecule has 1 aromatic carbocycles. The molecule has 1 N–H and O–H groups in total. The maximum atomic E-state index is 12.7. The van der Waals surface area contributed by atoms with Gasteiger partial charge in [-0.05, 0) is 32.3 Å². The third kappa shape index (κ3) is 4.18. The molecule has 0 bridgehead atoms. The normalized spacial score (nSPS) is 21.0. The number of amides is 2. The van der Waals surface area contributed by atoms with Crippen molar-refractivity contribution in [2.45, 2.75) is 45.3 Å². The lowest BCUT2D eigenvalue weighted by atomic mass is 9.95. The molecular formula is C19H25N3O3. The predicted octanol–water partition coefficient (Wildman–Crippen LogP) is 1.94. The average Bonchev–Trinajstić information content (AvgIpc) is 3.11. The highest BCUT2D eigenvalue weighted by Crippen LogP contribution is 2.22. The Morgan fingerprint density at radius 1 is 1.20 bits per heavy atom. The van der Waals surface area contributed by atoms with E-state index in [1.165, 1.54) is 0 Å². The Kier molecular flexibility index (Phi) is 5.36. The van der Waals surface area contributed by atoms with Crippen molar-refractivity contribution in [2.24, 2.45) is 11.1 Å². The minimum Gasteiger partial charge on any atom is -0.382 e. The SMILES string of the molecule is CC(C)NC(=O)C1CCN(C(=O)C2CC(c3ccccc3)=NO2)CC1. The van der Waals surface area contributed by atoms with Crippen molar-refractivity contribution in [1.82, 2.24) is 10.2 Å². The van der Waals surface area contributed by atoms with E-state index in [-0.39, 0.29) is 23.8 Å². The molecule has 1 atom stereocenters. The summed E-state index contributed by atoms with van der Waals surface area (Å²) in [5.74, 6) is 0.0541. The van der Waals surface area contributed by atoms with E-state index in [0.717, 1.165) is 11.3 Å². The Labute approximate surface area is 148 Å². The summed E-state index contributed by atoms with van der Waals surface area (Å²) < 4.78 is 0. The standard InChI is InChI=1S/C19H25N3O3/c1-13(2)20-18(23)15-8-10-22(11-9-15)19(24)17-12-16(21-25-17)14-6-4-3-5-7-14/h3-7,13,15,17H,8-12H2,1-2H3,(H,20,23). The third-order valence-corrected chi connectivity index (χ3v) is 4.66. The van der Waals surface area contributed by atoms with Gasteiger partial charge in [-0.25, -0.2) is 0 Å². The van der Waals surface area contributed by atoms with Gasteiger partial charge in [-0.3, -0.25) is 9.59 Å². The van der Waals surface area contributed by atoms with Gasteiger partial charge in [0.05, 0.1) is 5.71 Å². The Balaban J connectivity index is 1.50. The van der Waals surface area contributed by atoms with Crippen molar-refractivity contribution in [2.75, 3.05) is 13.1 Å². The molecule has 134 valence electrons. The number of piperidine rings is 1. The van der Waals surface area contributed by atoms with E-state index in [1.807, 2.05) is 44.2 Å². The molecule has 0 spiro atoms. The van der Waals surface area contributed by atoms with Crippen molar-refractivity contribution in [3.05, 3.63) is 35.9 Å². The highest BCUT2D eigenvalue weighted by atomic mass is 16.6. The van der Waals surface area contributed by atoms with Crippen LogP contribution in [-0.4, -0.2) is 47.7 Å². The van der Waals surface area contributed by atoms with Crippen molar-refractivity contribution in [1.29, 1.82) is 0 Å². The molecule has 2 heterocycles. The quantitative estimate of drug-likeness (QED) is 0.908. The summed E-state index contributed by atoms with van der Waals surface area (Å²) in [6.07, 6.45) is 1.35. The zero-order valence-electron chi connectivity index (χ0n) is 14.8. The van der Waals surface area contributed by atoms with Gasteiger partial charge in [0.25, 0.3) is 5.91 Å². The number of nitrogens with zero attached hydrogens (tertiary/aromatic N) is 2. The highest BCUT2D eigenvalue weighted by Gasteiger charge is 2.35. The number of carbonyl (C=O) groups excluding carboxylic acids is 2. The average molecular weight is 343 g/mol. The second kappa shape index (κ2) is 7.68. The lowest BCUT2D eigenvalue weighted by Gasteiger charge is -2.32. The molecule has 0 aromatic heterocycles. The molecular weight excluding hydrogens is 318 g/mol. The van der Waals surface area contributed by atoms with E-state index in [0.29, 0.717) is 32.4 Å². The van der Waals surface area contributed by atoms with Crippen LogP contribution < -0.4 is 5.32 Å². The summed E-state index contributed by atoms with van der Waals surface area (Å²) in [6.45, 7) is 5.10. The van der Waals surface area contributed by atoms with Gasteiger partial charge >= 0.3 is 0 Å². The summed E-state index contributed by atoms with van der Waals surface area (Å²) in [6, 6.07) is 9.91. The number of oxime groups is 1. The van der Waals surface area contributed by atoms with Crippen LogP contribution in [0, 0.1) is 5.92 Å². The number of benzene rings is 1. The largest absolute Gasteiger partial charge is 0.382 e. The molecule has 3 rings (SSSR count). The molecule has 6 heteroatoms. The molecule has 0 radical (unpaired) electrons. The smallest absolute Gasteiger partial charge is 0.266 e. The molecule has 2 amide bonds. The van der Waals surface area contributed by atoms with Crippen LogP contribution in [0.3, 0.4) is 0 Å². The van der Waals surface area contributed by atoms with Crippen LogP contribution in [0.1, 0.15) is 38.7 Å². The summed E-state index contributed by atoms with van der Waals surface area (Å²) >= 11 is 0. The molecule has 2 aliphatic heterocycles. The van der Waals surface area contributed by atoms with Crippen LogP contribution >= 0.6 is 0 Å². The maximum absolute atomic E-state index is 12.7. The van der Waals surface area contributed by atoms with Crippen LogP contribution in [0.25, 0.3) is 0 Å². The lowest BCUT2D eigenvalue weighted by molar-refractivity contribution is -0.145. The number of nitrogens with one attached hydrogen (secondary N) is 1. The van der Waals surface area contributed by atoms with Crippen LogP contribution in [0.4, 0.5) is 0 Å². The molecule has 6 nitrogen and oxygen atoms in total. The van der Waals surface area contributed by atoms with Gasteiger partial charge in [-0.1, -0.05) is 35.5 Å². The number of rotatable bonds is 4. The minimum atomic E-state index is -0.545. The van der Waals surface area contributed by atoms with E-state index in [9.17, 15) is 9.59 Å². The molecule has 1 fully saturated rings. The molecule has 0 saturated carbocycles. The van der Waals surface area contributed by atoms with Crippen molar-refractivity contribution in [3.8, 4) is 0 Å². The third-order valence-electron chi connectivity index (χ3n) is 4.66. The fraction of sp³-hybridized carbons (Fsp3) is 0.526. The van der Waals surface area contributed by atoms with Gasteiger partial charge in [0, 0.05) is 31.5 Å². The van der Waals surface area contributed by atoms with E-state index in [1.54, 1.807) is 4.90 Å². The fourth-order valence-corrected chi connectivity index (χ4v) is 3.28. The Hall–Kier alpha value is -2.37. The fourth-order valence-electron chi connectivity index (χ4n) is 3.28. The second-order valence-corrected chi connectivity index (χ2v) is 6.97. The molecule has 2 aliphatic rings. The highest BCUT2D eigenvalue weighted by molar-refractivity contribution is 6.04. The Bertz CT molecular complexity index is 649. The molecule has 0 aliphatic carbocycles. The van der Waals surface area contributed by atoms with E-state index in [2.05, 4.69) is 10.5 Å². The van der Waals surface area contributed by atoms with Crippen molar-refractivity contribution < 1.29 is 14.4 Å². The summed E-state index contributed by atoms with van der Waals surface area (Å²) in [5.41, 5.74) is 1.80. The van der Waals surface area contributed by atoms with Crippen molar-refractivity contribution in [3.63, 3.8) is 0 Å². The van der Waals surface area contributed by atoms with Crippen LogP contribution in [-0.2, 0) is 14.4 Å². The topological polar surface area (TPSA) is 71.0 Å². The minimum absolute atomic E-state index is 0.00734. The molecule has 25 heavy (non-hydrogen) atoms. The first-order valence-corrected chi connectivity index (χ1v) is 8.92. The first kappa shape index (κ1) is 17.5. The first-order valence-electron chi connectivity index (χ1n) is 8.92. The molecule has 1 aromatic rings. The van der Waals surface area contributed by atoms with Gasteiger partial charge in [0.15, 0.2) is 0 Å². The monoisotopic (exact) mass is 343 g/mol. The predicted molar refractivity (Wildman–Crippen MR) is 95.1 cm³/mol. The van der Waals surface area contributed by atoms with Gasteiger partial charge < -0.3 is 15.1 Å². The summed E-state index contributed by atoms with van der Waals surface area (Å²) in [7, 11) is 0. The zero-order valence-corrected chi connectivity index (χ0v) is 14.8. The van der Waals surface area contributed by atoms with Crippen LogP contribution in [0.2, 0.25) is 0 Å². The number of carbonyl (C=O) groups is 2. The van der Waals surface area contributed by atoms with Crippen LogP contribution in [0.15, 0.2) is 35.5 Å². The molecule has 1 saturated heterocycles. The maximum Gasteiger partial charge on any atom is 0.266 e. The van der Waals surface area contributed by atoms with Crippen LogP contribution in [0.5, 0.6) is 0 Å². The summed E-state index contributed by atoms with van der Waals surface area (Å²) in [4.78, 5) is 31.9. The lowest BCUT2D eigenvalue weighted by Crippen LogP contribution is -2.47. The Morgan fingerprint density at radius 3 is 2.52 bits per heavy atom. The van der Waals surface area contributed by atoms with Gasteiger partial charge in [0.2, 0.25) is 12.0 Å².